The SMILES string of the molecule is CC(=O)C1CCN(c2nc(Br)cs2)CC1. The molecule has 0 aliphatic carbocycles. The monoisotopic (exact) mass is 288 g/mol. The van der Waals surface area contributed by atoms with Gasteiger partial charge in [0, 0.05) is 24.4 Å². The van der Waals surface area contributed by atoms with Crippen molar-refractivity contribution in [3.05, 3.63) is 9.98 Å². The Bertz CT molecular complexity index is 358. The van der Waals surface area contributed by atoms with Crippen LogP contribution in [-0.4, -0.2) is 23.9 Å². The quantitative estimate of drug-likeness (QED) is 0.839. The first-order chi connectivity index (χ1) is 7.16. The number of ketones is 1. The van der Waals surface area contributed by atoms with Gasteiger partial charge in [-0.1, -0.05) is 0 Å². The van der Waals surface area contributed by atoms with Crippen LogP contribution in [-0.2, 0) is 4.79 Å². The fourth-order valence-electron chi connectivity index (χ4n) is 1.87. The van der Waals surface area contributed by atoms with Gasteiger partial charge in [-0.25, -0.2) is 4.98 Å². The molecule has 0 N–H and O–H groups in total. The summed E-state index contributed by atoms with van der Waals surface area (Å²) in [5.41, 5.74) is 0. The summed E-state index contributed by atoms with van der Waals surface area (Å²) in [6.07, 6.45) is 1.93. The summed E-state index contributed by atoms with van der Waals surface area (Å²) in [5, 5.41) is 3.05. The van der Waals surface area contributed by atoms with Crippen LogP contribution in [0.1, 0.15) is 19.8 Å². The maximum atomic E-state index is 11.2. The summed E-state index contributed by atoms with van der Waals surface area (Å²) in [5.74, 6) is 0.597. The number of hydrogen-bond donors (Lipinski definition) is 0. The van der Waals surface area contributed by atoms with Crippen LogP contribution < -0.4 is 4.90 Å². The number of thiazole rings is 1. The molecular formula is C10H13BrN2OS. The van der Waals surface area contributed by atoms with Crippen LogP contribution in [0.5, 0.6) is 0 Å². The normalized spacial score (nSPS) is 18.1. The minimum Gasteiger partial charge on any atom is -0.348 e. The van der Waals surface area contributed by atoms with Crippen molar-refractivity contribution >= 4 is 38.2 Å². The van der Waals surface area contributed by atoms with Crippen LogP contribution in [0.25, 0.3) is 0 Å². The molecule has 1 saturated heterocycles. The Morgan fingerprint density at radius 2 is 2.27 bits per heavy atom. The molecule has 1 fully saturated rings. The van der Waals surface area contributed by atoms with Gasteiger partial charge in [0.2, 0.25) is 0 Å². The van der Waals surface area contributed by atoms with Crippen LogP contribution in [0.3, 0.4) is 0 Å². The largest absolute Gasteiger partial charge is 0.348 e. The standard InChI is InChI=1S/C10H13BrN2OS/c1-7(14)8-2-4-13(5-3-8)10-12-9(11)6-15-10/h6,8H,2-5H2,1H3. The number of rotatable bonds is 2. The van der Waals surface area contributed by atoms with Crippen molar-refractivity contribution in [3.8, 4) is 0 Å². The van der Waals surface area contributed by atoms with Gasteiger partial charge in [-0.2, -0.15) is 0 Å². The molecule has 1 aromatic heterocycles. The van der Waals surface area contributed by atoms with E-state index in [9.17, 15) is 4.79 Å². The summed E-state index contributed by atoms with van der Waals surface area (Å²) in [4.78, 5) is 17.8. The topological polar surface area (TPSA) is 33.2 Å². The van der Waals surface area contributed by atoms with Crippen molar-refractivity contribution in [2.24, 2.45) is 5.92 Å². The van der Waals surface area contributed by atoms with Gasteiger partial charge in [0.1, 0.15) is 10.4 Å². The zero-order chi connectivity index (χ0) is 10.8. The van der Waals surface area contributed by atoms with Gasteiger partial charge < -0.3 is 4.90 Å². The summed E-state index contributed by atoms with van der Waals surface area (Å²) >= 11 is 5.00. The second-order valence-electron chi connectivity index (χ2n) is 3.82. The number of anilines is 1. The van der Waals surface area contributed by atoms with Crippen LogP contribution in [0, 0.1) is 5.92 Å². The second kappa shape index (κ2) is 4.61. The lowest BCUT2D eigenvalue weighted by atomic mass is 9.94. The molecule has 1 aliphatic heterocycles. The average molecular weight is 289 g/mol. The zero-order valence-corrected chi connectivity index (χ0v) is 11.0. The number of Topliss-reactive ketones (excluding diaryl/α,β-unsaturated/α-hetero) is 1. The molecule has 0 bridgehead atoms. The summed E-state index contributed by atoms with van der Waals surface area (Å²) < 4.78 is 0.899. The van der Waals surface area contributed by atoms with E-state index in [1.165, 1.54) is 0 Å². The maximum Gasteiger partial charge on any atom is 0.186 e. The van der Waals surface area contributed by atoms with Crippen LogP contribution in [0.15, 0.2) is 9.98 Å². The molecule has 0 saturated carbocycles. The third-order valence-electron chi connectivity index (χ3n) is 2.80. The van der Waals surface area contributed by atoms with Crippen LogP contribution in [0.4, 0.5) is 5.13 Å². The molecule has 0 spiro atoms. The van der Waals surface area contributed by atoms with Crippen LogP contribution >= 0.6 is 27.3 Å². The average Bonchev–Trinajstić information content (AvgIpc) is 2.65. The first-order valence-corrected chi connectivity index (χ1v) is 6.70. The molecule has 0 aromatic carbocycles. The van der Waals surface area contributed by atoms with Gasteiger partial charge >= 0.3 is 0 Å². The smallest absolute Gasteiger partial charge is 0.186 e. The van der Waals surface area contributed by atoms with E-state index < -0.39 is 0 Å². The summed E-state index contributed by atoms with van der Waals surface area (Å²) in [6, 6.07) is 0. The Kier molecular flexibility index (Phi) is 3.41. The lowest BCUT2D eigenvalue weighted by Crippen LogP contribution is -2.35. The highest BCUT2D eigenvalue weighted by Crippen LogP contribution is 2.28. The molecule has 0 unspecified atom stereocenters. The van der Waals surface area contributed by atoms with E-state index >= 15 is 0 Å². The van der Waals surface area contributed by atoms with Gasteiger partial charge in [0.05, 0.1) is 0 Å². The molecule has 0 radical (unpaired) electrons. The highest BCUT2D eigenvalue weighted by atomic mass is 79.9. The van der Waals surface area contributed by atoms with E-state index in [2.05, 4.69) is 25.8 Å². The second-order valence-corrected chi connectivity index (χ2v) is 5.47. The van der Waals surface area contributed by atoms with Gasteiger partial charge in [0.15, 0.2) is 5.13 Å². The third kappa shape index (κ3) is 2.58. The molecule has 0 atom stereocenters. The van der Waals surface area contributed by atoms with E-state index in [0.29, 0.717) is 5.78 Å². The summed E-state index contributed by atoms with van der Waals surface area (Å²) in [6.45, 7) is 3.59. The van der Waals surface area contributed by atoms with Gasteiger partial charge in [0.25, 0.3) is 0 Å². The molecule has 15 heavy (non-hydrogen) atoms. The van der Waals surface area contributed by atoms with Crippen molar-refractivity contribution in [3.63, 3.8) is 0 Å². The molecule has 82 valence electrons. The van der Waals surface area contributed by atoms with Gasteiger partial charge in [-0.3, -0.25) is 4.79 Å². The van der Waals surface area contributed by atoms with Gasteiger partial charge in [-0.15, -0.1) is 11.3 Å². The molecule has 5 heteroatoms. The molecule has 3 nitrogen and oxygen atoms in total. The Morgan fingerprint density at radius 3 is 2.73 bits per heavy atom. The van der Waals surface area contributed by atoms with E-state index in [4.69, 9.17) is 0 Å². The van der Waals surface area contributed by atoms with Crippen molar-refractivity contribution in [1.29, 1.82) is 0 Å². The first-order valence-electron chi connectivity index (χ1n) is 5.03. The molecule has 0 amide bonds. The molecule has 1 aromatic rings. The van der Waals surface area contributed by atoms with E-state index in [1.807, 2.05) is 5.38 Å². The predicted molar refractivity (Wildman–Crippen MR) is 65.4 cm³/mol. The molecular weight excluding hydrogens is 276 g/mol. The lowest BCUT2D eigenvalue weighted by Gasteiger charge is -2.30. The number of carbonyl (C=O) groups is 1. The molecule has 1 aliphatic rings. The number of nitrogens with zero attached hydrogens (tertiary/aromatic N) is 2. The Labute approximate surface area is 102 Å². The molecule has 2 heterocycles. The maximum absolute atomic E-state index is 11.2. The summed E-state index contributed by atoms with van der Waals surface area (Å²) in [7, 11) is 0. The predicted octanol–water partition coefficient (Wildman–Crippen LogP) is 2.71. The minimum absolute atomic E-state index is 0.268. The van der Waals surface area contributed by atoms with Crippen LogP contribution in [0.2, 0.25) is 0 Å². The fourth-order valence-corrected chi connectivity index (χ4v) is 3.17. The van der Waals surface area contributed by atoms with Gasteiger partial charge in [-0.05, 0) is 35.7 Å². The van der Waals surface area contributed by atoms with Crippen molar-refractivity contribution in [2.45, 2.75) is 19.8 Å². The Hall–Kier alpha value is -0.420. The lowest BCUT2D eigenvalue weighted by molar-refractivity contribution is -0.121. The number of halogens is 1. The zero-order valence-electron chi connectivity index (χ0n) is 8.57. The van der Waals surface area contributed by atoms with E-state index in [-0.39, 0.29) is 5.92 Å². The van der Waals surface area contributed by atoms with E-state index in [1.54, 1.807) is 18.3 Å². The van der Waals surface area contributed by atoms with Crippen molar-refractivity contribution < 1.29 is 4.79 Å². The fraction of sp³-hybridized carbons (Fsp3) is 0.600. The third-order valence-corrected chi connectivity index (χ3v) is 4.42. The highest BCUT2D eigenvalue weighted by Gasteiger charge is 2.23. The number of hydrogen-bond acceptors (Lipinski definition) is 4. The highest BCUT2D eigenvalue weighted by molar-refractivity contribution is 9.10. The van der Waals surface area contributed by atoms with Crippen molar-refractivity contribution in [1.82, 2.24) is 4.98 Å². The van der Waals surface area contributed by atoms with Crippen molar-refractivity contribution in [2.75, 3.05) is 18.0 Å². The number of piperidine rings is 1. The first kappa shape index (κ1) is 11.1. The van der Waals surface area contributed by atoms with E-state index in [0.717, 1.165) is 35.7 Å². The Balaban J connectivity index is 1.96. The molecule has 2 rings (SSSR count). The Morgan fingerprint density at radius 1 is 1.60 bits per heavy atom. The number of aromatic nitrogens is 1. The minimum atomic E-state index is 0.268. The number of carbonyl (C=O) groups excluding carboxylic acids is 1.